The number of hydrogen-bond acceptors (Lipinski definition) is 6. The highest BCUT2D eigenvalue weighted by Gasteiger charge is 2.48. The van der Waals surface area contributed by atoms with Crippen LogP contribution in [-0.4, -0.2) is 46.8 Å². The molecule has 0 radical (unpaired) electrons. The molecule has 4 unspecified atom stereocenters. The van der Waals surface area contributed by atoms with Crippen molar-refractivity contribution < 1.29 is 24.2 Å². The molecule has 1 amide bonds. The predicted octanol–water partition coefficient (Wildman–Crippen LogP) is 5.17. The molecule has 0 aromatic heterocycles. The summed E-state index contributed by atoms with van der Waals surface area (Å²) in [4.78, 5) is 24.4. The molecular formula is C33H35N3O5. The van der Waals surface area contributed by atoms with Gasteiger partial charge < -0.3 is 19.9 Å². The zero-order valence-electron chi connectivity index (χ0n) is 23.5. The Morgan fingerprint density at radius 3 is 2.54 bits per heavy atom. The number of carbonyl (C=O) groups is 2. The number of rotatable bonds is 9. The smallest absolute Gasteiger partial charge is 0.310 e. The molecular weight excluding hydrogens is 518 g/mol. The Balaban J connectivity index is 1.13. The molecule has 0 bridgehead atoms. The molecule has 41 heavy (non-hydrogen) atoms. The van der Waals surface area contributed by atoms with Gasteiger partial charge in [0, 0.05) is 17.2 Å². The summed E-state index contributed by atoms with van der Waals surface area (Å²) >= 11 is 0. The van der Waals surface area contributed by atoms with E-state index >= 15 is 0 Å². The standard InChI is InChI=1S/C33H35N3O5/c1-20(2)28(29-31(41-29)34-26-11-7-10-24-16-33(3,32(38)39)17-25(24)26)22-14-12-21(13-15-22)18-36-27(37)19-40-30(35-36)23-8-5-4-6-9-23/h4-15,20,28-29,31,34H,16-19H2,1-3H3,(H,38,39). The Hall–Kier alpha value is -4.17. The van der Waals surface area contributed by atoms with Crippen LogP contribution in [0, 0.1) is 11.3 Å². The van der Waals surface area contributed by atoms with Gasteiger partial charge in [-0.05, 0) is 66.1 Å². The lowest BCUT2D eigenvalue weighted by atomic mass is 9.85. The molecule has 2 aliphatic heterocycles. The van der Waals surface area contributed by atoms with E-state index in [2.05, 4.69) is 36.4 Å². The number of aliphatic carboxylic acids is 1. The fraction of sp³-hybridized carbons (Fsp3) is 0.364. The molecule has 1 saturated heterocycles. The molecule has 1 fully saturated rings. The molecule has 3 aromatic carbocycles. The number of ether oxygens (including phenoxy) is 2. The number of benzene rings is 3. The number of hydrogen-bond donors (Lipinski definition) is 2. The Morgan fingerprint density at radius 1 is 1.07 bits per heavy atom. The Morgan fingerprint density at radius 2 is 1.83 bits per heavy atom. The summed E-state index contributed by atoms with van der Waals surface area (Å²) in [6.45, 7) is 6.54. The number of epoxide rings is 1. The van der Waals surface area contributed by atoms with E-state index in [1.807, 2.05) is 67.6 Å². The average molecular weight is 554 g/mol. The van der Waals surface area contributed by atoms with Gasteiger partial charge in [-0.1, -0.05) is 68.4 Å². The van der Waals surface area contributed by atoms with Crippen LogP contribution in [0.2, 0.25) is 0 Å². The number of carboxylic acid groups (broad SMARTS) is 1. The van der Waals surface area contributed by atoms with E-state index in [-0.39, 0.29) is 30.8 Å². The van der Waals surface area contributed by atoms with Crippen LogP contribution in [-0.2, 0) is 38.4 Å². The Kier molecular flexibility index (Phi) is 7.03. The van der Waals surface area contributed by atoms with E-state index in [0.717, 1.165) is 27.9 Å². The zero-order chi connectivity index (χ0) is 28.7. The highest BCUT2D eigenvalue weighted by molar-refractivity contribution is 5.97. The van der Waals surface area contributed by atoms with Gasteiger partial charge in [0.25, 0.3) is 5.91 Å². The lowest BCUT2D eigenvalue weighted by Crippen LogP contribution is -2.36. The monoisotopic (exact) mass is 553 g/mol. The van der Waals surface area contributed by atoms with Crippen molar-refractivity contribution in [3.63, 3.8) is 0 Å². The van der Waals surface area contributed by atoms with Crippen molar-refractivity contribution in [2.45, 2.75) is 58.4 Å². The van der Waals surface area contributed by atoms with Crippen molar-refractivity contribution in [2.75, 3.05) is 11.9 Å². The largest absolute Gasteiger partial charge is 0.481 e. The molecule has 8 nitrogen and oxygen atoms in total. The van der Waals surface area contributed by atoms with Crippen LogP contribution >= 0.6 is 0 Å². The fourth-order valence-electron chi connectivity index (χ4n) is 6.05. The molecule has 0 spiro atoms. The molecule has 6 rings (SSSR count). The molecule has 1 aliphatic carbocycles. The Labute approximate surface area is 240 Å². The van der Waals surface area contributed by atoms with E-state index in [0.29, 0.717) is 31.2 Å². The maximum Gasteiger partial charge on any atom is 0.310 e. The predicted molar refractivity (Wildman–Crippen MR) is 155 cm³/mol. The number of hydrazone groups is 1. The van der Waals surface area contributed by atoms with Gasteiger partial charge >= 0.3 is 5.97 Å². The van der Waals surface area contributed by atoms with Crippen LogP contribution in [0.15, 0.2) is 77.9 Å². The van der Waals surface area contributed by atoms with Gasteiger partial charge in [-0.2, -0.15) is 0 Å². The maximum atomic E-state index is 12.5. The van der Waals surface area contributed by atoms with Gasteiger partial charge in [-0.25, -0.2) is 5.01 Å². The first-order chi connectivity index (χ1) is 19.7. The molecule has 3 aromatic rings. The summed E-state index contributed by atoms with van der Waals surface area (Å²) in [5.74, 6) is 0.0292. The summed E-state index contributed by atoms with van der Waals surface area (Å²) < 4.78 is 11.7. The van der Waals surface area contributed by atoms with Crippen LogP contribution in [0.3, 0.4) is 0 Å². The van der Waals surface area contributed by atoms with Crippen LogP contribution in [0.25, 0.3) is 0 Å². The van der Waals surface area contributed by atoms with Crippen molar-refractivity contribution in [2.24, 2.45) is 16.4 Å². The molecule has 8 heteroatoms. The second-order valence-electron chi connectivity index (χ2n) is 11.9. The number of nitrogens with zero attached hydrogens (tertiary/aromatic N) is 2. The summed E-state index contributed by atoms with van der Waals surface area (Å²) in [5.41, 5.74) is 5.35. The number of anilines is 1. The van der Waals surface area contributed by atoms with E-state index in [9.17, 15) is 14.7 Å². The van der Waals surface area contributed by atoms with Gasteiger partial charge in [-0.3, -0.25) is 9.59 Å². The number of fused-ring (bicyclic) bond motifs is 1. The van der Waals surface area contributed by atoms with E-state index < -0.39 is 11.4 Å². The van der Waals surface area contributed by atoms with Crippen molar-refractivity contribution >= 4 is 23.5 Å². The average Bonchev–Trinajstić information content (AvgIpc) is 3.59. The van der Waals surface area contributed by atoms with Gasteiger partial charge in [0.2, 0.25) is 5.90 Å². The minimum atomic E-state index is -0.771. The third-order valence-electron chi connectivity index (χ3n) is 8.38. The summed E-state index contributed by atoms with van der Waals surface area (Å²) in [5, 5.41) is 19.2. The van der Waals surface area contributed by atoms with Gasteiger partial charge in [0.1, 0.15) is 6.10 Å². The fourth-order valence-corrected chi connectivity index (χ4v) is 6.05. The van der Waals surface area contributed by atoms with Crippen LogP contribution in [0.5, 0.6) is 0 Å². The van der Waals surface area contributed by atoms with Crippen molar-refractivity contribution in [3.05, 3.63) is 101 Å². The van der Waals surface area contributed by atoms with Gasteiger partial charge in [0.15, 0.2) is 12.8 Å². The second-order valence-corrected chi connectivity index (χ2v) is 11.9. The second kappa shape index (κ2) is 10.7. The normalized spacial score (nSPS) is 24.0. The maximum absolute atomic E-state index is 12.5. The highest BCUT2D eigenvalue weighted by Crippen LogP contribution is 2.44. The van der Waals surface area contributed by atoms with Crippen molar-refractivity contribution in [3.8, 4) is 0 Å². The molecule has 0 saturated carbocycles. The molecule has 212 valence electrons. The quantitative estimate of drug-likeness (QED) is 0.354. The molecule has 2 heterocycles. The minimum absolute atomic E-state index is 0.00261. The molecule has 2 N–H and O–H groups in total. The lowest BCUT2D eigenvalue weighted by Gasteiger charge is -2.24. The number of amides is 1. The zero-order valence-corrected chi connectivity index (χ0v) is 23.5. The number of carboxylic acids is 1. The van der Waals surface area contributed by atoms with Gasteiger partial charge in [-0.15, -0.1) is 5.10 Å². The first kappa shape index (κ1) is 27.0. The molecule has 3 aliphatic rings. The highest BCUT2D eigenvalue weighted by atomic mass is 16.6. The number of nitrogens with one attached hydrogen (secondary N) is 1. The first-order valence-corrected chi connectivity index (χ1v) is 14.1. The summed E-state index contributed by atoms with van der Waals surface area (Å²) in [6, 6.07) is 23.9. The third-order valence-corrected chi connectivity index (χ3v) is 8.38. The minimum Gasteiger partial charge on any atom is -0.481 e. The topological polar surface area (TPSA) is 104 Å². The van der Waals surface area contributed by atoms with E-state index in [4.69, 9.17) is 9.47 Å². The SMILES string of the molecule is CC(C)C(c1ccc(CN2N=C(c3ccccc3)OCC2=O)cc1)C1OC1Nc1cccc2c1CC(C)(C(=O)O)C2. The van der Waals surface area contributed by atoms with Crippen molar-refractivity contribution in [1.82, 2.24) is 5.01 Å². The first-order valence-electron chi connectivity index (χ1n) is 14.1. The summed E-state index contributed by atoms with van der Waals surface area (Å²) in [7, 11) is 0. The van der Waals surface area contributed by atoms with Crippen molar-refractivity contribution in [1.29, 1.82) is 0 Å². The van der Waals surface area contributed by atoms with Crippen LogP contribution < -0.4 is 5.32 Å². The number of carbonyl (C=O) groups excluding carboxylic acids is 1. The molecule has 4 atom stereocenters. The lowest BCUT2D eigenvalue weighted by molar-refractivity contribution is -0.147. The van der Waals surface area contributed by atoms with Crippen LogP contribution in [0.1, 0.15) is 54.5 Å². The van der Waals surface area contributed by atoms with Gasteiger partial charge in [0.05, 0.1) is 12.0 Å². The summed E-state index contributed by atoms with van der Waals surface area (Å²) in [6.07, 6.45) is 0.915. The van der Waals surface area contributed by atoms with Crippen LogP contribution in [0.4, 0.5) is 5.69 Å². The van der Waals surface area contributed by atoms with E-state index in [1.54, 1.807) is 0 Å². The third kappa shape index (κ3) is 5.44. The Bertz CT molecular complexity index is 1490. The van der Waals surface area contributed by atoms with E-state index in [1.165, 1.54) is 10.6 Å².